The van der Waals surface area contributed by atoms with E-state index in [0.717, 1.165) is 25.7 Å². The number of rotatable bonds is 2. The van der Waals surface area contributed by atoms with Crippen LogP contribution in [0.2, 0.25) is 0 Å². The molecule has 1 saturated heterocycles. The first-order valence-electron chi connectivity index (χ1n) is 6.11. The third-order valence-electron chi connectivity index (χ3n) is 3.65. The highest BCUT2D eigenvalue weighted by Gasteiger charge is 2.36. The van der Waals surface area contributed by atoms with Crippen molar-refractivity contribution >= 4 is 12.0 Å². The van der Waals surface area contributed by atoms with Crippen molar-refractivity contribution in [2.45, 2.75) is 37.8 Å². The molecule has 2 fully saturated rings. The summed E-state index contributed by atoms with van der Waals surface area (Å²) in [7, 11) is 0. The van der Waals surface area contributed by atoms with E-state index in [1.807, 2.05) is 0 Å². The summed E-state index contributed by atoms with van der Waals surface area (Å²) in [6.45, 7) is 0.617. The van der Waals surface area contributed by atoms with E-state index in [1.54, 1.807) is 0 Å². The van der Waals surface area contributed by atoms with Crippen molar-refractivity contribution in [3.63, 3.8) is 0 Å². The van der Waals surface area contributed by atoms with Crippen molar-refractivity contribution in [2.24, 2.45) is 11.7 Å². The predicted octanol–water partition coefficient (Wildman–Crippen LogP) is -0.0177. The fourth-order valence-electron chi connectivity index (χ4n) is 2.39. The van der Waals surface area contributed by atoms with Crippen LogP contribution in [0.5, 0.6) is 0 Å². The third kappa shape index (κ3) is 2.69. The number of carboxylic acids is 1. The van der Waals surface area contributed by atoms with E-state index < -0.39 is 11.9 Å². The number of aliphatic carboxylic acids is 1. The maximum Gasteiger partial charge on any atom is 0.317 e. The van der Waals surface area contributed by atoms with Gasteiger partial charge in [-0.25, -0.2) is 4.79 Å². The van der Waals surface area contributed by atoms with Gasteiger partial charge in [0.2, 0.25) is 0 Å². The van der Waals surface area contributed by atoms with Crippen LogP contribution in [0.15, 0.2) is 0 Å². The van der Waals surface area contributed by atoms with Gasteiger partial charge in [-0.2, -0.15) is 0 Å². The van der Waals surface area contributed by atoms with E-state index in [2.05, 4.69) is 5.32 Å². The van der Waals surface area contributed by atoms with Crippen molar-refractivity contribution in [1.82, 2.24) is 10.2 Å². The van der Waals surface area contributed by atoms with Gasteiger partial charge in [0.25, 0.3) is 0 Å². The van der Waals surface area contributed by atoms with Crippen LogP contribution < -0.4 is 11.1 Å². The molecule has 0 bridgehead atoms. The first kappa shape index (κ1) is 12.2. The fourth-order valence-corrected chi connectivity index (χ4v) is 2.39. The Morgan fingerprint density at radius 2 is 1.88 bits per heavy atom. The van der Waals surface area contributed by atoms with Crippen molar-refractivity contribution in [1.29, 1.82) is 0 Å². The molecule has 2 atom stereocenters. The van der Waals surface area contributed by atoms with E-state index in [1.165, 1.54) is 4.90 Å². The number of hydrogen-bond donors (Lipinski definition) is 3. The number of carbonyl (C=O) groups excluding carboxylic acids is 1. The minimum atomic E-state index is -0.830. The first-order valence-corrected chi connectivity index (χ1v) is 6.11. The standard InChI is InChI=1S/C11H19N3O3/c12-8-3-1-2-4-9(8)13-11(17)14-5-7(6-14)10(15)16/h7-9H,1-6,12H2,(H,13,17)(H,15,16). The van der Waals surface area contributed by atoms with Crippen molar-refractivity contribution in [3.8, 4) is 0 Å². The van der Waals surface area contributed by atoms with E-state index in [4.69, 9.17) is 10.8 Å². The molecule has 2 amide bonds. The molecule has 17 heavy (non-hydrogen) atoms. The molecular formula is C11H19N3O3. The molecule has 2 unspecified atom stereocenters. The van der Waals surface area contributed by atoms with Crippen LogP contribution in [-0.4, -0.2) is 47.2 Å². The lowest BCUT2D eigenvalue weighted by molar-refractivity contribution is -0.146. The topological polar surface area (TPSA) is 95.7 Å². The highest BCUT2D eigenvalue weighted by molar-refractivity contribution is 5.80. The predicted molar refractivity (Wildman–Crippen MR) is 61.5 cm³/mol. The molecular weight excluding hydrogens is 222 g/mol. The number of carbonyl (C=O) groups is 2. The second-order valence-electron chi connectivity index (χ2n) is 4.94. The second-order valence-corrected chi connectivity index (χ2v) is 4.94. The van der Waals surface area contributed by atoms with E-state index >= 15 is 0 Å². The molecule has 1 aliphatic carbocycles. The summed E-state index contributed by atoms with van der Waals surface area (Å²) in [4.78, 5) is 23.9. The first-order chi connectivity index (χ1) is 8.08. The monoisotopic (exact) mass is 241 g/mol. The Labute approximate surface area is 100 Å². The normalized spacial score (nSPS) is 29.6. The van der Waals surface area contributed by atoms with Crippen LogP contribution in [0.4, 0.5) is 4.79 Å². The highest BCUT2D eigenvalue weighted by atomic mass is 16.4. The van der Waals surface area contributed by atoms with Gasteiger partial charge in [-0.15, -0.1) is 0 Å². The maximum absolute atomic E-state index is 11.8. The lowest BCUT2D eigenvalue weighted by Gasteiger charge is -2.39. The number of urea groups is 1. The number of amides is 2. The molecule has 1 heterocycles. The molecule has 6 heteroatoms. The summed E-state index contributed by atoms with van der Waals surface area (Å²) in [6, 6.07) is -0.103. The van der Waals surface area contributed by atoms with Crippen LogP contribution in [0.3, 0.4) is 0 Å². The summed E-state index contributed by atoms with van der Waals surface area (Å²) < 4.78 is 0. The molecule has 1 saturated carbocycles. The quantitative estimate of drug-likeness (QED) is 0.633. The van der Waals surface area contributed by atoms with Gasteiger partial charge in [0.1, 0.15) is 0 Å². The minimum Gasteiger partial charge on any atom is -0.481 e. The zero-order chi connectivity index (χ0) is 12.4. The smallest absolute Gasteiger partial charge is 0.317 e. The average molecular weight is 241 g/mol. The van der Waals surface area contributed by atoms with Crippen molar-refractivity contribution in [2.75, 3.05) is 13.1 Å². The Morgan fingerprint density at radius 3 is 2.47 bits per heavy atom. The lowest BCUT2D eigenvalue weighted by Crippen LogP contribution is -2.60. The van der Waals surface area contributed by atoms with Gasteiger partial charge in [-0.1, -0.05) is 12.8 Å². The Kier molecular flexibility index (Phi) is 3.51. The molecule has 0 aromatic heterocycles. The Bertz CT molecular complexity index is 315. The molecule has 0 radical (unpaired) electrons. The maximum atomic E-state index is 11.8. The van der Waals surface area contributed by atoms with Gasteiger partial charge >= 0.3 is 12.0 Å². The van der Waals surface area contributed by atoms with E-state index in [-0.39, 0.29) is 18.1 Å². The van der Waals surface area contributed by atoms with Gasteiger partial charge in [-0.3, -0.25) is 4.79 Å². The number of nitrogens with one attached hydrogen (secondary N) is 1. The van der Waals surface area contributed by atoms with Gasteiger partial charge in [-0.05, 0) is 12.8 Å². The Morgan fingerprint density at radius 1 is 1.24 bits per heavy atom. The van der Waals surface area contributed by atoms with E-state index in [0.29, 0.717) is 13.1 Å². The van der Waals surface area contributed by atoms with Gasteiger partial charge in [0.05, 0.1) is 5.92 Å². The Balaban J connectivity index is 1.76. The summed E-state index contributed by atoms with van der Waals surface area (Å²) in [6.07, 6.45) is 4.08. The Hall–Kier alpha value is -1.30. The summed E-state index contributed by atoms with van der Waals surface area (Å²) in [5.74, 6) is -1.23. The number of nitrogens with zero attached hydrogens (tertiary/aromatic N) is 1. The van der Waals surface area contributed by atoms with Crippen LogP contribution >= 0.6 is 0 Å². The third-order valence-corrected chi connectivity index (χ3v) is 3.65. The molecule has 96 valence electrons. The van der Waals surface area contributed by atoms with Crippen LogP contribution in [0.1, 0.15) is 25.7 Å². The van der Waals surface area contributed by atoms with Crippen LogP contribution in [0.25, 0.3) is 0 Å². The number of likely N-dealkylation sites (tertiary alicyclic amines) is 1. The molecule has 6 nitrogen and oxygen atoms in total. The number of hydrogen-bond acceptors (Lipinski definition) is 3. The molecule has 2 rings (SSSR count). The fraction of sp³-hybridized carbons (Fsp3) is 0.818. The molecule has 2 aliphatic rings. The van der Waals surface area contributed by atoms with Gasteiger partial charge < -0.3 is 21.1 Å². The average Bonchev–Trinajstić information content (AvgIpc) is 2.18. The summed E-state index contributed by atoms with van der Waals surface area (Å²) in [5.41, 5.74) is 5.94. The van der Waals surface area contributed by atoms with Gasteiger partial charge in [0.15, 0.2) is 0 Å². The van der Waals surface area contributed by atoms with Crippen molar-refractivity contribution < 1.29 is 14.7 Å². The zero-order valence-electron chi connectivity index (χ0n) is 9.76. The van der Waals surface area contributed by atoms with Gasteiger partial charge in [0, 0.05) is 25.2 Å². The zero-order valence-corrected chi connectivity index (χ0v) is 9.76. The highest BCUT2D eigenvalue weighted by Crippen LogP contribution is 2.19. The van der Waals surface area contributed by atoms with Crippen LogP contribution in [-0.2, 0) is 4.79 Å². The molecule has 0 spiro atoms. The SMILES string of the molecule is NC1CCCCC1NC(=O)N1CC(C(=O)O)C1. The van der Waals surface area contributed by atoms with Crippen LogP contribution in [0, 0.1) is 5.92 Å². The molecule has 0 aromatic rings. The molecule has 1 aliphatic heterocycles. The summed E-state index contributed by atoms with van der Waals surface area (Å²) in [5, 5.41) is 11.6. The van der Waals surface area contributed by atoms with Crippen molar-refractivity contribution in [3.05, 3.63) is 0 Å². The molecule has 4 N–H and O–H groups in total. The lowest BCUT2D eigenvalue weighted by atomic mass is 9.91. The second kappa shape index (κ2) is 4.91. The van der Waals surface area contributed by atoms with E-state index in [9.17, 15) is 9.59 Å². The summed E-state index contributed by atoms with van der Waals surface area (Å²) >= 11 is 0. The minimum absolute atomic E-state index is 0.0317. The number of nitrogens with two attached hydrogens (primary N) is 1. The largest absolute Gasteiger partial charge is 0.481 e. The number of carboxylic acid groups (broad SMARTS) is 1. The molecule has 0 aromatic carbocycles.